The Kier molecular flexibility index (Phi) is 4.01. The van der Waals surface area contributed by atoms with E-state index in [1.165, 1.54) is 6.92 Å². The average molecular weight is 297 g/mol. The van der Waals surface area contributed by atoms with Crippen LogP contribution in [0.5, 0.6) is 0 Å². The molecule has 2 N–H and O–H groups in total. The minimum atomic E-state index is -4.49. The third kappa shape index (κ3) is 2.93. The lowest BCUT2D eigenvalue weighted by Gasteiger charge is -2.29. The van der Waals surface area contributed by atoms with Gasteiger partial charge in [-0.3, -0.25) is 0 Å². The Morgan fingerprint density at radius 2 is 2.10 bits per heavy atom. The Morgan fingerprint density at radius 3 is 2.60 bits per heavy atom. The van der Waals surface area contributed by atoms with Gasteiger partial charge in [-0.05, 0) is 26.2 Å². The minimum absolute atomic E-state index is 0.00309. The van der Waals surface area contributed by atoms with E-state index in [0.717, 1.165) is 19.3 Å². The fourth-order valence-corrected chi connectivity index (χ4v) is 1.58. The number of nitrogens with two attached hydrogens (primary N) is 1. The summed E-state index contributed by atoms with van der Waals surface area (Å²) in [4.78, 5) is 3.28. The van der Waals surface area contributed by atoms with E-state index < -0.39 is 23.8 Å². The van der Waals surface area contributed by atoms with E-state index >= 15 is 0 Å². The van der Waals surface area contributed by atoms with Gasteiger partial charge < -0.3 is 15.0 Å². The van der Waals surface area contributed by atoms with Gasteiger partial charge in [0.2, 0.25) is 0 Å². The summed E-state index contributed by atoms with van der Waals surface area (Å²) >= 11 is 0. The van der Waals surface area contributed by atoms with Gasteiger partial charge in [0.1, 0.15) is 5.54 Å². The molecule has 9 heteroatoms. The van der Waals surface area contributed by atoms with Gasteiger partial charge >= 0.3 is 18.2 Å². The number of hydrogen-bond acceptors (Lipinski definition) is 5. The minimum Gasteiger partial charge on any atom is -0.376 e. The lowest BCUT2D eigenvalue weighted by atomic mass is 9.95. The van der Waals surface area contributed by atoms with Crippen LogP contribution in [0.1, 0.15) is 37.9 Å². The second kappa shape index (κ2) is 5.28. The van der Waals surface area contributed by atoms with Crippen LogP contribution in [0, 0.1) is 0 Å². The van der Waals surface area contributed by atoms with Crippen LogP contribution in [0.2, 0.25) is 0 Å². The van der Waals surface area contributed by atoms with Crippen LogP contribution in [0.15, 0.2) is 4.52 Å². The summed E-state index contributed by atoms with van der Waals surface area (Å²) in [5.74, 6) is -6.22. The molecule has 1 fully saturated rings. The maximum atomic E-state index is 13.0. The molecule has 1 atom stereocenters. The zero-order chi connectivity index (χ0) is 15.0. The lowest BCUT2D eigenvalue weighted by Crippen LogP contribution is -2.41. The van der Waals surface area contributed by atoms with Crippen molar-refractivity contribution in [1.82, 2.24) is 10.1 Å². The monoisotopic (exact) mass is 297 g/mol. The molecule has 1 aliphatic rings. The van der Waals surface area contributed by atoms with E-state index in [2.05, 4.69) is 14.7 Å². The van der Waals surface area contributed by atoms with Gasteiger partial charge in [0.05, 0.1) is 12.7 Å². The summed E-state index contributed by atoms with van der Waals surface area (Å²) in [6, 6.07) is 0. The summed E-state index contributed by atoms with van der Waals surface area (Å²) in [6.07, 6.45) is -0.940. The molecule has 2 rings (SSSR count). The summed E-state index contributed by atoms with van der Waals surface area (Å²) in [5, 5.41) is 3.25. The first-order valence-electron chi connectivity index (χ1n) is 6.14. The predicted octanol–water partition coefficient (Wildman–Crippen LogP) is 2.17. The number of hydrogen-bond donors (Lipinski definition) is 1. The number of alkyl halides is 4. The van der Waals surface area contributed by atoms with Gasteiger partial charge in [-0.2, -0.15) is 13.8 Å². The molecule has 1 aliphatic carbocycles. The topological polar surface area (TPSA) is 74.2 Å². The molecule has 114 valence electrons. The van der Waals surface area contributed by atoms with Crippen LogP contribution in [0.25, 0.3) is 0 Å². The van der Waals surface area contributed by atoms with Gasteiger partial charge in [-0.15, -0.1) is 0 Å². The number of ether oxygens (including phenoxy) is 1. The second-order valence-electron chi connectivity index (χ2n) is 5.13. The van der Waals surface area contributed by atoms with E-state index in [-0.39, 0.29) is 18.5 Å². The average Bonchev–Trinajstić information content (AvgIpc) is 2.76. The van der Waals surface area contributed by atoms with Gasteiger partial charge in [-0.25, -0.2) is 8.78 Å². The van der Waals surface area contributed by atoms with Crippen molar-refractivity contribution < 1.29 is 26.8 Å². The fraction of sp³-hybridized carbons (Fsp3) is 0.818. The summed E-state index contributed by atoms with van der Waals surface area (Å²) in [6.45, 7) is 1.46. The molecular formula is C11H15F4N3O2. The van der Waals surface area contributed by atoms with Crippen molar-refractivity contribution in [3.63, 3.8) is 0 Å². The van der Waals surface area contributed by atoms with E-state index in [1.807, 2.05) is 0 Å². The first-order chi connectivity index (χ1) is 9.23. The van der Waals surface area contributed by atoms with Gasteiger partial charge in [0.25, 0.3) is 0 Å². The van der Waals surface area contributed by atoms with Gasteiger partial charge in [-0.1, -0.05) is 5.16 Å². The quantitative estimate of drug-likeness (QED) is 0.815. The van der Waals surface area contributed by atoms with Crippen molar-refractivity contribution in [3.8, 4) is 0 Å². The molecular weight excluding hydrogens is 282 g/mol. The van der Waals surface area contributed by atoms with E-state index in [4.69, 9.17) is 10.5 Å². The zero-order valence-corrected chi connectivity index (χ0v) is 10.8. The van der Waals surface area contributed by atoms with Crippen LogP contribution < -0.4 is 5.73 Å². The van der Waals surface area contributed by atoms with E-state index in [1.54, 1.807) is 0 Å². The fourth-order valence-electron chi connectivity index (χ4n) is 1.58. The third-order valence-corrected chi connectivity index (χ3v) is 3.17. The molecule has 0 amide bonds. The van der Waals surface area contributed by atoms with Crippen molar-refractivity contribution in [1.29, 1.82) is 0 Å². The molecule has 20 heavy (non-hydrogen) atoms. The molecule has 0 spiro atoms. The Bertz CT molecular complexity index is 460. The predicted molar refractivity (Wildman–Crippen MR) is 59.3 cm³/mol. The third-order valence-electron chi connectivity index (χ3n) is 3.17. The first-order valence-corrected chi connectivity index (χ1v) is 6.14. The Labute approximate surface area is 112 Å². The second-order valence-corrected chi connectivity index (χ2v) is 5.13. The van der Waals surface area contributed by atoms with Crippen molar-refractivity contribution in [2.45, 2.75) is 50.2 Å². The maximum Gasteiger partial charge on any atom is 0.383 e. The van der Waals surface area contributed by atoms with E-state index in [9.17, 15) is 17.6 Å². The lowest BCUT2D eigenvalue weighted by molar-refractivity contribution is -0.152. The number of aromatic nitrogens is 2. The van der Waals surface area contributed by atoms with Crippen molar-refractivity contribution >= 4 is 0 Å². The van der Waals surface area contributed by atoms with Crippen molar-refractivity contribution in [2.75, 3.05) is 6.61 Å². The molecule has 0 radical (unpaired) electrons. The standard InChI is InChI=1S/C11H15F4N3O2/c1-10(16,5-19-6-3-2-4-6)8-17-9(20-18-8)11(14,15)7(12)13/h6-7H,2-5,16H2,1H3. The summed E-state index contributed by atoms with van der Waals surface area (Å²) < 4.78 is 60.1. The van der Waals surface area contributed by atoms with Crippen LogP contribution in [-0.4, -0.2) is 29.3 Å². The van der Waals surface area contributed by atoms with Gasteiger partial charge in [0.15, 0.2) is 5.82 Å². The maximum absolute atomic E-state index is 13.0. The first kappa shape index (κ1) is 15.2. The van der Waals surface area contributed by atoms with Crippen LogP contribution >= 0.6 is 0 Å². The molecule has 1 aromatic heterocycles. The molecule has 0 bridgehead atoms. The van der Waals surface area contributed by atoms with Crippen molar-refractivity contribution in [3.05, 3.63) is 11.7 Å². The highest BCUT2D eigenvalue weighted by atomic mass is 19.3. The van der Waals surface area contributed by atoms with Gasteiger partial charge in [0, 0.05) is 0 Å². The Balaban J connectivity index is 2.06. The number of halogens is 4. The Morgan fingerprint density at radius 1 is 1.45 bits per heavy atom. The molecule has 1 unspecified atom stereocenters. The normalized spacial score (nSPS) is 19.9. The molecule has 0 aliphatic heterocycles. The molecule has 1 aromatic rings. The zero-order valence-electron chi connectivity index (χ0n) is 10.8. The van der Waals surface area contributed by atoms with Crippen LogP contribution in [0.3, 0.4) is 0 Å². The van der Waals surface area contributed by atoms with Crippen molar-refractivity contribution in [2.24, 2.45) is 5.73 Å². The van der Waals surface area contributed by atoms with E-state index in [0.29, 0.717) is 0 Å². The molecule has 1 heterocycles. The highest BCUT2D eigenvalue weighted by molar-refractivity contribution is 5.05. The highest BCUT2D eigenvalue weighted by Gasteiger charge is 2.49. The van der Waals surface area contributed by atoms with Crippen LogP contribution in [-0.2, 0) is 16.2 Å². The van der Waals surface area contributed by atoms with Crippen LogP contribution in [0.4, 0.5) is 17.6 Å². The smallest absolute Gasteiger partial charge is 0.376 e. The molecule has 5 nitrogen and oxygen atoms in total. The SMILES string of the molecule is CC(N)(COC1CCC1)c1noc(C(F)(F)C(F)F)n1. The number of rotatable bonds is 6. The number of nitrogens with zero attached hydrogens (tertiary/aromatic N) is 2. The molecule has 0 aromatic carbocycles. The molecule has 1 saturated carbocycles. The summed E-state index contributed by atoms with van der Waals surface area (Å²) in [5.41, 5.74) is 4.57. The largest absolute Gasteiger partial charge is 0.383 e. The Hall–Kier alpha value is -1.22. The highest BCUT2D eigenvalue weighted by Crippen LogP contribution is 2.34. The molecule has 0 saturated heterocycles. The summed E-state index contributed by atoms with van der Waals surface area (Å²) in [7, 11) is 0.